The van der Waals surface area contributed by atoms with Crippen LogP contribution in [0.1, 0.15) is 77.6 Å². The predicted molar refractivity (Wildman–Crippen MR) is 99.7 cm³/mol. The number of unbranched alkanes of at least 4 members (excludes halogenated alkanes) is 3. The van der Waals surface area contributed by atoms with Crippen molar-refractivity contribution in [2.24, 2.45) is 11.8 Å². The van der Waals surface area contributed by atoms with Gasteiger partial charge in [0.1, 0.15) is 0 Å². The third-order valence-corrected chi connectivity index (χ3v) is 4.82. The minimum Gasteiger partial charge on any atom is -0.469 e. The smallest absolute Gasteiger partial charge is 0.305 e. The van der Waals surface area contributed by atoms with Gasteiger partial charge >= 0.3 is 5.97 Å². The molecule has 1 aliphatic carbocycles. The molecule has 0 radical (unpaired) electrons. The maximum atomic E-state index is 11.0. The minimum atomic E-state index is -0.248. The third-order valence-electron chi connectivity index (χ3n) is 4.82. The minimum absolute atomic E-state index is 0.118. The van der Waals surface area contributed by atoms with E-state index in [1.54, 1.807) is 0 Å². The fourth-order valence-corrected chi connectivity index (χ4v) is 3.07. The van der Waals surface area contributed by atoms with Crippen molar-refractivity contribution in [3.8, 4) is 0 Å². The molecule has 0 heterocycles. The van der Waals surface area contributed by atoms with Crippen LogP contribution in [-0.2, 0) is 9.53 Å². The molecule has 1 aliphatic rings. The lowest BCUT2D eigenvalue weighted by atomic mass is 10.1. The van der Waals surface area contributed by atoms with Crippen LogP contribution in [0.15, 0.2) is 24.3 Å². The number of methoxy groups -OCH3 is 1. The summed E-state index contributed by atoms with van der Waals surface area (Å²) in [6, 6.07) is 0. The van der Waals surface area contributed by atoms with Crippen LogP contribution in [0.25, 0.3) is 0 Å². The van der Waals surface area contributed by atoms with Crippen molar-refractivity contribution in [3.05, 3.63) is 24.3 Å². The van der Waals surface area contributed by atoms with E-state index in [4.69, 9.17) is 0 Å². The molecule has 1 rings (SSSR count). The van der Waals surface area contributed by atoms with Gasteiger partial charge in [0.05, 0.1) is 13.2 Å². The first kappa shape index (κ1) is 21.0. The van der Waals surface area contributed by atoms with Gasteiger partial charge in [-0.15, -0.1) is 0 Å². The second-order valence-corrected chi connectivity index (χ2v) is 7.00. The van der Waals surface area contributed by atoms with Crippen molar-refractivity contribution < 1.29 is 14.6 Å². The lowest BCUT2D eigenvalue weighted by Crippen LogP contribution is -2.01. The molecule has 1 saturated carbocycles. The normalized spacial score (nSPS) is 21.5. The summed E-state index contributed by atoms with van der Waals surface area (Å²) in [5, 5.41) is 9.84. The fourth-order valence-electron chi connectivity index (χ4n) is 3.07. The van der Waals surface area contributed by atoms with E-state index >= 15 is 0 Å². The number of carbonyl (C=O) groups excluding carboxylic acids is 1. The Morgan fingerprint density at radius 3 is 2.71 bits per heavy atom. The number of esters is 1. The van der Waals surface area contributed by atoms with Crippen LogP contribution in [0.4, 0.5) is 0 Å². The molecule has 0 aromatic carbocycles. The zero-order valence-electron chi connectivity index (χ0n) is 15.6. The molecular weight excluding hydrogens is 300 g/mol. The summed E-state index contributed by atoms with van der Waals surface area (Å²) in [5.74, 6) is 1.58. The maximum absolute atomic E-state index is 11.0. The molecule has 3 nitrogen and oxygen atoms in total. The number of carbonyl (C=O) groups is 1. The molecule has 0 unspecified atom stereocenters. The van der Waals surface area contributed by atoms with Gasteiger partial charge in [-0.2, -0.15) is 0 Å². The predicted octanol–water partition coefficient (Wildman–Crippen LogP) is 5.19. The van der Waals surface area contributed by atoms with Crippen LogP contribution in [0.3, 0.4) is 0 Å². The molecular formula is C21H36O3. The van der Waals surface area contributed by atoms with Crippen molar-refractivity contribution in [1.29, 1.82) is 0 Å². The van der Waals surface area contributed by atoms with E-state index in [0.29, 0.717) is 6.42 Å². The Kier molecular flexibility index (Phi) is 11.5. The van der Waals surface area contributed by atoms with E-state index in [2.05, 4.69) is 29.9 Å². The van der Waals surface area contributed by atoms with Crippen LogP contribution in [-0.4, -0.2) is 24.3 Å². The van der Waals surface area contributed by atoms with E-state index in [1.807, 2.05) is 6.08 Å². The number of aliphatic hydroxyl groups is 1. The number of ether oxygens (including phenoxy) is 1. The van der Waals surface area contributed by atoms with E-state index in [9.17, 15) is 9.90 Å². The topological polar surface area (TPSA) is 46.5 Å². The maximum Gasteiger partial charge on any atom is 0.305 e. The molecule has 1 N–H and O–H groups in total. The lowest BCUT2D eigenvalue weighted by molar-refractivity contribution is -0.140. The SMILES string of the molecule is CCCCC[C@@H](O)/C=C/C[C@H]1C[C@@H]1CC/C=C\CCCC(=O)OC. The van der Waals surface area contributed by atoms with Crippen LogP contribution in [0.5, 0.6) is 0 Å². The summed E-state index contributed by atoms with van der Waals surface area (Å²) in [5.41, 5.74) is 0. The van der Waals surface area contributed by atoms with Gasteiger partial charge in [0, 0.05) is 6.42 Å². The van der Waals surface area contributed by atoms with Crippen LogP contribution in [0, 0.1) is 11.8 Å². The highest BCUT2D eigenvalue weighted by Gasteiger charge is 2.34. The number of aliphatic hydroxyl groups excluding tert-OH is 1. The van der Waals surface area contributed by atoms with Crippen LogP contribution >= 0.6 is 0 Å². The molecule has 138 valence electrons. The fraction of sp³-hybridized carbons (Fsp3) is 0.762. The second-order valence-electron chi connectivity index (χ2n) is 7.00. The standard InChI is InChI=1S/C21H36O3/c1-3-4-8-14-20(22)15-11-13-19-17-18(19)12-9-6-5-7-10-16-21(23)24-2/h5-6,11,15,18-20,22H,3-4,7-10,12-14,16-17H2,1-2H3/b6-5-,15-11+/t18-,19-,20+/m0/s1. The number of hydrogen-bond acceptors (Lipinski definition) is 3. The zero-order valence-corrected chi connectivity index (χ0v) is 15.6. The molecule has 3 atom stereocenters. The number of hydrogen-bond donors (Lipinski definition) is 1. The van der Waals surface area contributed by atoms with Crippen molar-refractivity contribution in [3.63, 3.8) is 0 Å². The highest BCUT2D eigenvalue weighted by molar-refractivity contribution is 5.68. The van der Waals surface area contributed by atoms with Crippen molar-refractivity contribution in [2.75, 3.05) is 7.11 Å². The number of allylic oxidation sites excluding steroid dienone is 3. The third kappa shape index (κ3) is 10.6. The van der Waals surface area contributed by atoms with Crippen LogP contribution in [0.2, 0.25) is 0 Å². The zero-order chi connectivity index (χ0) is 17.6. The Bertz CT molecular complexity index is 387. The molecule has 0 amide bonds. The van der Waals surface area contributed by atoms with Gasteiger partial charge in [0.2, 0.25) is 0 Å². The van der Waals surface area contributed by atoms with E-state index in [0.717, 1.165) is 50.4 Å². The molecule has 0 aliphatic heterocycles. The molecule has 0 aromatic heterocycles. The largest absolute Gasteiger partial charge is 0.469 e. The Balaban J connectivity index is 1.96. The van der Waals surface area contributed by atoms with Gasteiger partial charge in [-0.25, -0.2) is 0 Å². The van der Waals surface area contributed by atoms with Gasteiger partial charge in [-0.1, -0.05) is 50.5 Å². The van der Waals surface area contributed by atoms with Crippen molar-refractivity contribution in [1.82, 2.24) is 0 Å². The highest BCUT2D eigenvalue weighted by atomic mass is 16.5. The molecule has 0 aromatic rings. The van der Waals surface area contributed by atoms with Gasteiger partial charge < -0.3 is 9.84 Å². The summed E-state index contributed by atoms with van der Waals surface area (Å²) in [6.45, 7) is 2.19. The molecule has 0 saturated heterocycles. The monoisotopic (exact) mass is 336 g/mol. The summed E-state index contributed by atoms with van der Waals surface area (Å²) in [7, 11) is 1.44. The molecule has 24 heavy (non-hydrogen) atoms. The highest BCUT2D eigenvalue weighted by Crippen LogP contribution is 2.44. The summed E-state index contributed by atoms with van der Waals surface area (Å²) >= 11 is 0. The first-order chi connectivity index (χ1) is 11.7. The molecule has 0 bridgehead atoms. The van der Waals surface area contributed by atoms with Crippen molar-refractivity contribution >= 4 is 5.97 Å². The van der Waals surface area contributed by atoms with E-state index < -0.39 is 0 Å². The van der Waals surface area contributed by atoms with Gasteiger partial charge in [-0.3, -0.25) is 4.79 Å². The Morgan fingerprint density at radius 2 is 1.96 bits per heavy atom. The Morgan fingerprint density at radius 1 is 1.17 bits per heavy atom. The molecule has 3 heteroatoms. The first-order valence-corrected chi connectivity index (χ1v) is 9.73. The lowest BCUT2D eigenvalue weighted by Gasteiger charge is -2.04. The van der Waals surface area contributed by atoms with Gasteiger partial charge in [-0.05, 0) is 56.8 Å². The Hall–Kier alpha value is -1.09. The second kappa shape index (κ2) is 13.2. The average molecular weight is 337 g/mol. The van der Waals surface area contributed by atoms with Gasteiger partial charge in [0.25, 0.3) is 0 Å². The average Bonchev–Trinajstić information content (AvgIpc) is 3.32. The summed E-state index contributed by atoms with van der Waals surface area (Å²) in [4.78, 5) is 11.0. The van der Waals surface area contributed by atoms with E-state index in [1.165, 1.54) is 32.8 Å². The first-order valence-electron chi connectivity index (χ1n) is 9.73. The Labute approximate surface area is 148 Å². The van der Waals surface area contributed by atoms with Gasteiger partial charge in [0.15, 0.2) is 0 Å². The summed E-state index contributed by atoms with van der Waals surface area (Å²) < 4.78 is 4.62. The van der Waals surface area contributed by atoms with E-state index in [-0.39, 0.29) is 12.1 Å². The quantitative estimate of drug-likeness (QED) is 0.270. The van der Waals surface area contributed by atoms with Crippen LogP contribution < -0.4 is 0 Å². The number of rotatable bonds is 14. The summed E-state index contributed by atoms with van der Waals surface area (Å²) in [6.07, 6.45) is 20.0. The van der Waals surface area contributed by atoms with Crippen molar-refractivity contribution in [2.45, 2.75) is 83.7 Å². The molecule has 0 spiro atoms. The molecule has 1 fully saturated rings.